The van der Waals surface area contributed by atoms with Crippen LogP contribution >= 0.6 is 0 Å². The summed E-state index contributed by atoms with van der Waals surface area (Å²) < 4.78 is 41.7. The Labute approximate surface area is 156 Å². The molecule has 9 heteroatoms. The minimum atomic E-state index is -4.93. The number of halogens is 3. The fourth-order valence-electron chi connectivity index (χ4n) is 3.57. The average molecular weight is 389 g/mol. The van der Waals surface area contributed by atoms with Crippen LogP contribution < -0.4 is 5.32 Å². The van der Waals surface area contributed by atoms with E-state index in [2.05, 4.69) is 10.4 Å². The zero-order valence-electron chi connectivity index (χ0n) is 14.8. The fourth-order valence-corrected chi connectivity index (χ4v) is 3.57. The lowest BCUT2D eigenvalue weighted by atomic mass is 9.94. The highest BCUT2D eigenvalue weighted by atomic mass is 19.4. The standard InChI is InChI=1S/C19H14F3N3O3/c1-8(2)11-6-13(9-4-3-5-10-14(9)15(11)24-17(10)26)25-16(19(20,21)22)12(7-23-25)18(27)28/h3-8H,1-2H3,(H,24,26)(H,27,28). The first kappa shape index (κ1) is 18.0. The van der Waals surface area contributed by atoms with Crippen molar-refractivity contribution in [2.24, 2.45) is 0 Å². The van der Waals surface area contributed by atoms with Crippen LogP contribution in [0.15, 0.2) is 30.5 Å². The molecule has 28 heavy (non-hydrogen) atoms. The number of nitrogens with one attached hydrogen (secondary N) is 1. The number of anilines is 1. The number of rotatable bonds is 3. The van der Waals surface area contributed by atoms with Crippen molar-refractivity contribution in [1.29, 1.82) is 0 Å². The molecular weight excluding hydrogens is 375 g/mol. The maximum absolute atomic E-state index is 13.7. The van der Waals surface area contributed by atoms with Gasteiger partial charge in [0.05, 0.1) is 17.6 Å². The van der Waals surface area contributed by atoms with Gasteiger partial charge >= 0.3 is 12.1 Å². The summed E-state index contributed by atoms with van der Waals surface area (Å²) in [6.45, 7) is 3.70. The van der Waals surface area contributed by atoms with Crippen molar-refractivity contribution in [3.05, 3.63) is 52.8 Å². The Kier molecular flexibility index (Phi) is 3.74. The molecule has 0 saturated heterocycles. The Morgan fingerprint density at radius 2 is 2.00 bits per heavy atom. The van der Waals surface area contributed by atoms with Gasteiger partial charge in [-0.25, -0.2) is 9.48 Å². The van der Waals surface area contributed by atoms with Crippen molar-refractivity contribution in [3.8, 4) is 5.69 Å². The summed E-state index contributed by atoms with van der Waals surface area (Å²) in [6.07, 6.45) is -4.24. The van der Waals surface area contributed by atoms with Gasteiger partial charge < -0.3 is 10.4 Å². The molecule has 144 valence electrons. The molecule has 2 N–H and O–H groups in total. The molecule has 2 heterocycles. The summed E-state index contributed by atoms with van der Waals surface area (Å²) in [5.41, 5.74) is -0.672. The number of carboxylic acids is 1. The highest BCUT2D eigenvalue weighted by Gasteiger charge is 2.41. The third kappa shape index (κ3) is 2.46. The van der Waals surface area contributed by atoms with Crippen LogP contribution in [0.3, 0.4) is 0 Å². The minimum Gasteiger partial charge on any atom is -0.478 e. The van der Waals surface area contributed by atoms with Gasteiger partial charge in [0.2, 0.25) is 0 Å². The van der Waals surface area contributed by atoms with Crippen LogP contribution in [0, 0.1) is 0 Å². The van der Waals surface area contributed by atoms with Crippen molar-refractivity contribution < 1.29 is 27.9 Å². The molecule has 0 fully saturated rings. The molecule has 0 saturated carbocycles. The van der Waals surface area contributed by atoms with Crippen molar-refractivity contribution in [3.63, 3.8) is 0 Å². The smallest absolute Gasteiger partial charge is 0.434 e. The van der Waals surface area contributed by atoms with Gasteiger partial charge in [-0.15, -0.1) is 0 Å². The molecule has 0 atom stereocenters. The van der Waals surface area contributed by atoms with Crippen LogP contribution in [-0.2, 0) is 6.18 Å². The lowest BCUT2D eigenvalue weighted by molar-refractivity contribution is -0.143. The van der Waals surface area contributed by atoms with E-state index in [9.17, 15) is 27.9 Å². The summed E-state index contributed by atoms with van der Waals surface area (Å²) in [5.74, 6) is -2.15. The molecule has 0 radical (unpaired) electrons. The van der Waals surface area contributed by atoms with Gasteiger partial charge in [0.25, 0.3) is 5.91 Å². The number of aromatic carboxylic acids is 1. The monoisotopic (exact) mass is 389 g/mol. The first-order valence-corrected chi connectivity index (χ1v) is 8.41. The van der Waals surface area contributed by atoms with E-state index >= 15 is 0 Å². The van der Waals surface area contributed by atoms with E-state index in [-0.39, 0.29) is 17.5 Å². The quantitative estimate of drug-likeness (QED) is 0.694. The van der Waals surface area contributed by atoms with Crippen molar-refractivity contribution in [2.75, 3.05) is 5.32 Å². The highest BCUT2D eigenvalue weighted by molar-refractivity contribution is 6.25. The summed E-state index contributed by atoms with van der Waals surface area (Å²) in [7, 11) is 0. The zero-order valence-corrected chi connectivity index (χ0v) is 14.8. The molecule has 1 aromatic heterocycles. The molecule has 0 bridgehead atoms. The number of amides is 1. The molecule has 2 aromatic carbocycles. The van der Waals surface area contributed by atoms with Crippen molar-refractivity contribution >= 4 is 28.3 Å². The van der Waals surface area contributed by atoms with Gasteiger partial charge in [0.15, 0.2) is 5.69 Å². The second kappa shape index (κ2) is 5.82. The van der Waals surface area contributed by atoms with Crippen LogP contribution in [0.4, 0.5) is 18.9 Å². The number of nitrogens with zero attached hydrogens (tertiary/aromatic N) is 2. The first-order valence-electron chi connectivity index (χ1n) is 8.41. The van der Waals surface area contributed by atoms with Gasteiger partial charge in [0.1, 0.15) is 5.56 Å². The average Bonchev–Trinajstić information content (AvgIpc) is 3.19. The van der Waals surface area contributed by atoms with E-state index < -0.39 is 23.4 Å². The zero-order chi connectivity index (χ0) is 20.4. The third-order valence-electron chi connectivity index (χ3n) is 4.77. The number of hydrogen-bond acceptors (Lipinski definition) is 3. The molecule has 1 amide bonds. The Balaban J connectivity index is 2.14. The van der Waals surface area contributed by atoms with Gasteiger partial charge in [-0.05, 0) is 23.6 Å². The maximum atomic E-state index is 13.7. The van der Waals surface area contributed by atoms with Crippen LogP contribution in [0.25, 0.3) is 16.5 Å². The number of carbonyl (C=O) groups is 2. The third-order valence-corrected chi connectivity index (χ3v) is 4.77. The van der Waals surface area contributed by atoms with Crippen LogP contribution in [0.1, 0.15) is 51.7 Å². The largest absolute Gasteiger partial charge is 0.478 e. The summed E-state index contributed by atoms with van der Waals surface area (Å²) >= 11 is 0. The topological polar surface area (TPSA) is 84.2 Å². The molecule has 0 aliphatic carbocycles. The van der Waals surface area contributed by atoms with Gasteiger partial charge in [0, 0.05) is 16.3 Å². The fraction of sp³-hybridized carbons (Fsp3) is 0.211. The highest BCUT2D eigenvalue weighted by Crippen LogP contribution is 2.43. The minimum absolute atomic E-state index is 0.0700. The Morgan fingerprint density at radius 3 is 2.61 bits per heavy atom. The van der Waals surface area contributed by atoms with E-state index in [1.165, 1.54) is 6.07 Å². The lowest BCUT2D eigenvalue weighted by Crippen LogP contribution is -2.17. The normalized spacial score (nSPS) is 13.4. The van der Waals surface area contributed by atoms with Crippen molar-refractivity contribution in [1.82, 2.24) is 9.78 Å². The predicted molar refractivity (Wildman–Crippen MR) is 95.1 cm³/mol. The van der Waals surface area contributed by atoms with Crippen LogP contribution in [0.5, 0.6) is 0 Å². The molecule has 0 unspecified atom stereocenters. The van der Waals surface area contributed by atoms with Crippen LogP contribution in [-0.4, -0.2) is 26.8 Å². The molecular formula is C19H14F3N3O3. The summed E-state index contributed by atoms with van der Waals surface area (Å²) in [4.78, 5) is 23.6. The Morgan fingerprint density at radius 1 is 1.29 bits per heavy atom. The molecule has 4 rings (SSSR count). The number of aromatic nitrogens is 2. The predicted octanol–water partition coefficient (Wildman–Crippen LogP) is 4.43. The second-order valence-electron chi connectivity index (χ2n) is 6.82. The second-order valence-corrected chi connectivity index (χ2v) is 6.82. The van der Waals surface area contributed by atoms with E-state index in [0.29, 0.717) is 38.5 Å². The molecule has 0 spiro atoms. The number of benzene rings is 2. The number of hydrogen-bond donors (Lipinski definition) is 2. The van der Waals surface area contributed by atoms with Crippen molar-refractivity contribution in [2.45, 2.75) is 25.9 Å². The van der Waals surface area contributed by atoms with Gasteiger partial charge in [-0.2, -0.15) is 18.3 Å². The molecule has 3 aromatic rings. The lowest BCUT2D eigenvalue weighted by Gasteiger charge is -2.18. The molecule has 1 aliphatic heterocycles. The van der Waals surface area contributed by atoms with E-state index in [1.54, 1.807) is 18.2 Å². The first-order chi connectivity index (χ1) is 13.1. The number of alkyl halides is 3. The number of carboxylic acid groups (broad SMARTS) is 1. The molecule has 1 aliphatic rings. The van der Waals surface area contributed by atoms with E-state index in [4.69, 9.17) is 0 Å². The Hall–Kier alpha value is -3.36. The SMILES string of the molecule is CC(C)c1cc(-n2ncc(C(=O)O)c2C(F)(F)F)c2cccc3c2c1NC3=O. The van der Waals surface area contributed by atoms with Gasteiger partial charge in [-0.1, -0.05) is 26.0 Å². The Bertz CT molecular complexity index is 1160. The number of carbonyl (C=O) groups excluding carboxylic acids is 1. The molecule has 6 nitrogen and oxygen atoms in total. The van der Waals surface area contributed by atoms with Crippen LogP contribution in [0.2, 0.25) is 0 Å². The maximum Gasteiger partial charge on any atom is 0.434 e. The van der Waals surface area contributed by atoms with E-state index in [1.807, 2.05) is 13.8 Å². The summed E-state index contributed by atoms with van der Waals surface area (Å²) in [5, 5.41) is 16.6. The van der Waals surface area contributed by atoms with Gasteiger partial charge in [-0.3, -0.25) is 4.79 Å². The van der Waals surface area contributed by atoms with E-state index in [0.717, 1.165) is 0 Å². The summed E-state index contributed by atoms with van der Waals surface area (Å²) in [6, 6.07) is 6.27.